The number of alkyl halides is 3. The third-order valence-electron chi connectivity index (χ3n) is 3.36. The molecule has 0 aliphatic rings. The first-order valence-electron chi connectivity index (χ1n) is 7.02. The average Bonchev–Trinajstić information content (AvgIpc) is 2.76. The van der Waals surface area contributed by atoms with E-state index in [9.17, 15) is 13.2 Å². The van der Waals surface area contributed by atoms with Crippen molar-refractivity contribution in [2.24, 2.45) is 0 Å². The average molecular weight is 300 g/mol. The van der Waals surface area contributed by atoms with Gasteiger partial charge in [-0.3, -0.25) is 0 Å². The molecule has 0 unspecified atom stereocenters. The normalized spacial score (nSPS) is 12.2. The lowest BCUT2D eigenvalue weighted by Crippen LogP contribution is -2.06. The third kappa shape index (κ3) is 3.56. The van der Waals surface area contributed by atoms with Gasteiger partial charge in [-0.25, -0.2) is 4.98 Å². The van der Waals surface area contributed by atoms with Gasteiger partial charge in [0.2, 0.25) is 0 Å². The number of rotatable bonds is 6. The second-order valence-corrected chi connectivity index (χ2v) is 4.98. The summed E-state index contributed by atoms with van der Waals surface area (Å²) in [4.78, 5) is 4.38. The molecule has 0 amide bonds. The number of aryl methyl sites for hydroxylation is 2. The fraction of sp³-hybridized carbons (Fsp3) is 0.533. The van der Waals surface area contributed by atoms with Crippen LogP contribution in [0.15, 0.2) is 18.2 Å². The van der Waals surface area contributed by atoms with Crippen LogP contribution in [0.5, 0.6) is 0 Å². The Morgan fingerprint density at radius 3 is 2.67 bits per heavy atom. The zero-order valence-corrected chi connectivity index (χ0v) is 12.2. The summed E-state index contributed by atoms with van der Waals surface area (Å²) in [6.07, 6.45) is -1.87. The second kappa shape index (κ2) is 6.47. The van der Waals surface area contributed by atoms with E-state index in [1.807, 2.05) is 11.5 Å². The number of hydrogen-bond donors (Lipinski definition) is 0. The van der Waals surface area contributed by atoms with E-state index < -0.39 is 11.7 Å². The number of benzene rings is 1. The fourth-order valence-corrected chi connectivity index (χ4v) is 2.39. The van der Waals surface area contributed by atoms with Gasteiger partial charge in [0.1, 0.15) is 5.82 Å². The summed E-state index contributed by atoms with van der Waals surface area (Å²) >= 11 is 0. The SMILES string of the molecule is CCCc1nc2cc(C(F)(F)F)ccc2n1CCCOC. The maximum absolute atomic E-state index is 12.8. The molecule has 1 aromatic heterocycles. The molecule has 116 valence electrons. The first-order chi connectivity index (χ1) is 9.97. The van der Waals surface area contributed by atoms with Crippen molar-refractivity contribution in [2.45, 2.75) is 38.9 Å². The predicted octanol–water partition coefficient (Wildman–Crippen LogP) is 4.04. The molecule has 0 aliphatic carbocycles. The van der Waals surface area contributed by atoms with Crippen LogP contribution in [0.4, 0.5) is 13.2 Å². The highest BCUT2D eigenvalue weighted by Crippen LogP contribution is 2.31. The number of hydrogen-bond acceptors (Lipinski definition) is 2. The molecule has 0 spiro atoms. The molecule has 2 aromatic rings. The van der Waals surface area contributed by atoms with Gasteiger partial charge in [0.15, 0.2) is 0 Å². The minimum atomic E-state index is -4.33. The van der Waals surface area contributed by atoms with Gasteiger partial charge in [-0.1, -0.05) is 6.92 Å². The van der Waals surface area contributed by atoms with Crippen molar-refractivity contribution in [3.05, 3.63) is 29.6 Å². The lowest BCUT2D eigenvalue weighted by molar-refractivity contribution is -0.137. The Morgan fingerprint density at radius 2 is 2.05 bits per heavy atom. The molecule has 3 nitrogen and oxygen atoms in total. The maximum Gasteiger partial charge on any atom is 0.416 e. The number of ether oxygens (including phenoxy) is 1. The zero-order chi connectivity index (χ0) is 15.5. The molecule has 6 heteroatoms. The molecular formula is C15H19F3N2O. The van der Waals surface area contributed by atoms with Crippen molar-refractivity contribution in [2.75, 3.05) is 13.7 Å². The number of methoxy groups -OCH3 is 1. The van der Waals surface area contributed by atoms with Crippen LogP contribution >= 0.6 is 0 Å². The Morgan fingerprint density at radius 1 is 1.29 bits per heavy atom. The van der Waals surface area contributed by atoms with E-state index in [0.717, 1.165) is 42.7 Å². The summed E-state index contributed by atoms with van der Waals surface area (Å²) in [5.41, 5.74) is 0.507. The molecule has 21 heavy (non-hydrogen) atoms. The van der Waals surface area contributed by atoms with Crippen molar-refractivity contribution in [1.82, 2.24) is 9.55 Å². The highest BCUT2D eigenvalue weighted by atomic mass is 19.4. The van der Waals surface area contributed by atoms with Gasteiger partial charge in [-0.2, -0.15) is 13.2 Å². The first-order valence-corrected chi connectivity index (χ1v) is 7.02. The standard InChI is InChI=1S/C15H19F3N2O/c1-3-5-14-19-12-10-11(15(16,17)18)6-7-13(12)20(14)8-4-9-21-2/h6-7,10H,3-5,8-9H2,1-2H3. The van der Waals surface area contributed by atoms with Crippen LogP contribution in [0.25, 0.3) is 11.0 Å². The van der Waals surface area contributed by atoms with Crippen LogP contribution in [0.2, 0.25) is 0 Å². The largest absolute Gasteiger partial charge is 0.416 e. The number of nitrogens with zero attached hydrogens (tertiary/aromatic N) is 2. The van der Waals surface area contributed by atoms with Gasteiger partial charge in [0.25, 0.3) is 0 Å². The molecule has 0 saturated carbocycles. The molecule has 0 saturated heterocycles. The van der Waals surface area contributed by atoms with Crippen LogP contribution < -0.4 is 0 Å². The van der Waals surface area contributed by atoms with Gasteiger partial charge >= 0.3 is 6.18 Å². The van der Waals surface area contributed by atoms with Gasteiger partial charge < -0.3 is 9.30 Å². The molecule has 1 aromatic carbocycles. The van der Waals surface area contributed by atoms with Crippen molar-refractivity contribution in [3.63, 3.8) is 0 Å². The minimum Gasteiger partial charge on any atom is -0.385 e. The smallest absolute Gasteiger partial charge is 0.385 e. The van der Waals surface area contributed by atoms with Crippen LogP contribution in [0, 0.1) is 0 Å². The fourth-order valence-electron chi connectivity index (χ4n) is 2.39. The molecular weight excluding hydrogens is 281 g/mol. The van der Waals surface area contributed by atoms with Gasteiger partial charge in [-0.05, 0) is 31.0 Å². The van der Waals surface area contributed by atoms with E-state index in [4.69, 9.17) is 4.74 Å². The first kappa shape index (κ1) is 15.8. The van der Waals surface area contributed by atoms with Gasteiger partial charge in [-0.15, -0.1) is 0 Å². The van der Waals surface area contributed by atoms with Crippen LogP contribution in [-0.4, -0.2) is 23.3 Å². The second-order valence-electron chi connectivity index (χ2n) is 4.98. The van der Waals surface area contributed by atoms with E-state index in [1.54, 1.807) is 7.11 Å². The van der Waals surface area contributed by atoms with Crippen LogP contribution in [-0.2, 0) is 23.9 Å². The number of aromatic nitrogens is 2. The van der Waals surface area contributed by atoms with Crippen molar-refractivity contribution in [3.8, 4) is 0 Å². The summed E-state index contributed by atoms with van der Waals surface area (Å²) < 4.78 is 45.3. The Labute approximate surface area is 121 Å². The van der Waals surface area contributed by atoms with Gasteiger partial charge in [0, 0.05) is 26.7 Å². The zero-order valence-electron chi connectivity index (χ0n) is 12.2. The monoisotopic (exact) mass is 300 g/mol. The van der Waals surface area contributed by atoms with E-state index in [-0.39, 0.29) is 0 Å². The summed E-state index contributed by atoms with van der Waals surface area (Å²) in [6, 6.07) is 3.75. The Balaban J connectivity index is 2.41. The number of halogens is 3. The quantitative estimate of drug-likeness (QED) is 0.753. The predicted molar refractivity (Wildman–Crippen MR) is 75.2 cm³/mol. The minimum absolute atomic E-state index is 0.408. The molecule has 1 heterocycles. The summed E-state index contributed by atoms with van der Waals surface area (Å²) in [7, 11) is 1.63. The summed E-state index contributed by atoms with van der Waals surface area (Å²) in [6.45, 7) is 3.34. The molecule has 0 fully saturated rings. The van der Waals surface area contributed by atoms with Crippen LogP contribution in [0.1, 0.15) is 31.2 Å². The Bertz CT molecular complexity index is 605. The van der Waals surface area contributed by atoms with E-state index in [0.29, 0.717) is 18.7 Å². The maximum atomic E-state index is 12.8. The lowest BCUT2D eigenvalue weighted by atomic mass is 10.2. The van der Waals surface area contributed by atoms with E-state index >= 15 is 0 Å². The molecule has 0 atom stereocenters. The van der Waals surface area contributed by atoms with E-state index in [1.165, 1.54) is 6.07 Å². The highest BCUT2D eigenvalue weighted by Gasteiger charge is 2.31. The molecule has 0 N–H and O–H groups in total. The van der Waals surface area contributed by atoms with Crippen LogP contribution in [0.3, 0.4) is 0 Å². The summed E-state index contributed by atoms with van der Waals surface area (Å²) in [5, 5.41) is 0. The highest BCUT2D eigenvalue weighted by molar-refractivity contribution is 5.77. The van der Waals surface area contributed by atoms with Crippen molar-refractivity contribution >= 4 is 11.0 Å². The van der Waals surface area contributed by atoms with Gasteiger partial charge in [0.05, 0.1) is 16.6 Å². The third-order valence-corrected chi connectivity index (χ3v) is 3.36. The molecule has 0 bridgehead atoms. The van der Waals surface area contributed by atoms with Crippen molar-refractivity contribution in [1.29, 1.82) is 0 Å². The van der Waals surface area contributed by atoms with E-state index in [2.05, 4.69) is 4.98 Å². The number of fused-ring (bicyclic) bond motifs is 1. The number of imidazole rings is 1. The van der Waals surface area contributed by atoms with Crippen molar-refractivity contribution < 1.29 is 17.9 Å². The summed E-state index contributed by atoms with van der Waals surface area (Å²) in [5.74, 6) is 0.836. The molecule has 0 radical (unpaired) electrons. The Hall–Kier alpha value is -1.56. The topological polar surface area (TPSA) is 27.1 Å². The Kier molecular flexibility index (Phi) is 4.88. The molecule has 2 rings (SSSR count). The molecule has 0 aliphatic heterocycles. The lowest BCUT2D eigenvalue weighted by Gasteiger charge is -2.09.